The first kappa shape index (κ1) is 23.2. The number of pyridine rings is 2. The number of fused-ring (bicyclic) bond motifs is 8. The topological polar surface area (TPSA) is 25.8 Å². The van der Waals surface area contributed by atoms with Crippen LogP contribution in [-0.4, -0.2) is 9.97 Å². The van der Waals surface area contributed by atoms with E-state index in [4.69, 9.17) is 33.2 Å². The van der Waals surface area contributed by atoms with Gasteiger partial charge in [0.25, 0.3) is 0 Å². The molecule has 2 heterocycles. The van der Waals surface area contributed by atoms with Crippen LogP contribution in [0.5, 0.6) is 0 Å². The lowest BCUT2D eigenvalue weighted by molar-refractivity contribution is 0.448. The molecule has 4 heteroatoms. The summed E-state index contributed by atoms with van der Waals surface area (Å²) in [4.78, 5) is 10.6. The van der Waals surface area contributed by atoms with E-state index in [-0.39, 0.29) is 0 Å². The van der Waals surface area contributed by atoms with Gasteiger partial charge in [-0.3, -0.25) is 9.97 Å². The third-order valence-corrected chi connectivity index (χ3v) is 8.99. The molecule has 0 unspecified atom stereocenters. The second-order valence-electron chi connectivity index (χ2n) is 10.8. The largest absolute Gasteiger partial charge is 0.252 e. The fraction of sp³-hybridized carbons (Fsp3) is 0.143. The van der Waals surface area contributed by atoms with E-state index >= 15 is 0 Å². The van der Waals surface area contributed by atoms with Crippen molar-refractivity contribution in [1.29, 1.82) is 0 Å². The summed E-state index contributed by atoms with van der Waals surface area (Å²) < 4.78 is 0. The Hall–Kier alpha value is -3.72. The predicted octanol–water partition coefficient (Wildman–Crippen LogP) is 9.79. The second kappa shape index (κ2) is 8.91. The van der Waals surface area contributed by atoms with Crippen molar-refractivity contribution in [2.45, 2.75) is 31.1 Å². The minimum Gasteiger partial charge on any atom is -0.252 e. The maximum absolute atomic E-state index is 6.53. The molecule has 39 heavy (non-hydrogen) atoms. The van der Waals surface area contributed by atoms with E-state index in [0.717, 1.165) is 51.1 Å². The summed E-state index contributed by atoms with van der Waals surface area (Å²) in [6.45, 7) is 0. The van der Waals surface area contributed by atoms with Crippen LogP contribution in [0.15, 0.2) is 97.1 Å². The lowest BCUT2D eigenvalue weighted by atomic mass is 9.66. The molecule has 2 atom stereocenters. The summed E-state index contributed by atoms with van der Waals surface area (Å²) in [5.41, 5.74) is 12.2. The highest BCUT2D eigenvalue weighted by atomic mass is 35.5. The van der Waals surface area contributed by atoms with E-state index in [1.807, 2.05) is 12.1 Å². The third kappa shape index (κ3) is 3.70. The van der Waals surface area contributed by atoms with Crippen molar-refractivity contribution in [2.75, 3.05) is 0 Å². The normalized spacial score (nSPS) is 17.7. The zero-order chi connectivity index (χ0) is 26.1. The molecular formula is C35H24Cl2N2. The number of aromatic nitrogens is 2. The molecule has 2 bridgehead atoms. The highest BCUT2D eigenvalue weighted by Gasteiger charge is 2.39. The minimum absolute atomic E-state index is 0.346. The van der Waals surface area contributed by atoms with Gasteiger partial charge < -0.3 is 0 Å². The molecule has 2 nitrogen and oxygen atoms in total. The van der Waals surface area contributed by atoms with Crippen molar-refractivity contribution in [3.63, 3.8) is 0 Å². The van der Waals surface area contributed by atoms with Crippen molar-refractivity contribution < 1.29 is 0 Å². The van der Waals surface area contributed by atoms with Gasteiger partial charge >= 0.3 is 0 Å². The molecule has 2 aromatic heterocycles. The first-order valence-corrected chi connectivity index (χ1v) is 14.2. The quantitative estimate of drug-likeness (QED) is 0.217. The molecule has 0 saturated carbocycles. The van der Waals surface area contributed by atoms with Gasteiger partial charge in [0.15, 0.2) is 0 Å². The van der Waals surface area contributed by atoms with Gasteiger partial charge in [0.2, 0.25) is 0 Å². The Balaban J connectivity index is 1.40. The number of halogens is 2. The van der Waals surface area contributed by atoms with E-state index < -0.39 is 0 Å². The minimum atomic E-state index is 0.346. The number of hydrogen-bond donors (Lipinski definition) is 0. The van der Waals surface area contributed by atoms with Gasteiger partial charge in [0.1, 0.15) is 0 Å². The summed E-state index contributed by atoms with van der Waals surface area (Å²) >= 11 is 13.1. The maximum atomic E-state index is 6.53. The van der Waals surface area contributed by atoms with Crippen LogP contribution < -0.4 is 0 Å². The first-order chi connectivity index (χ1) is 19.1. The van der Waals surface area contributed by atoms with Crippen LogP contribution in [0, 0.1) is 0 Å². The van der Waals surface area contributed by atoms with E-state index in [1.165, 1.54) is 44.8 Å². The van der Waals surface area contributed by atoms with Crippen molar-refractivity contribution in [1.82, 2.24) is 9.97 Å². The van der Waals surface area contributed by atoms with E-state index in [9.17, 15) is 0 Å². The van der Waals surface area contributed by atoms with Gasteiger partial charge in [0, 0.05) is 32.2 Å². The Morgan fingerprint density at radius 3 is 1.41 bits per heavy atom. The van der Waals surface area contributed by atoms with Crippen molar-refractivity contribution in [2.24, 2.45) is 0 Å². The summed E-state index contributed by atoms with van der Waals surface area (Å²) in [5.74, 6) is 0.691. The average Bonchev–Trinajstić information content (AvgIpc) is 2.96. The van der Waals surface area contributed by atoms with Crippen molar-refractivity contribution in [3.8, 4) is 22.3 Å². The molecule has 0 fully saturated rings. The highest BCUT2D eigenvalue weighted by Crippen LogP contribution is 2.53. The van der Waals surface area contributed by atoms with Crippen LogP contribution in [0.25, 0.3) is 44.1 Å². The Labute approximate surface area is 237 Å². The van der Waals surface area contributed by atoms with Gasteiger partial charge in [-0.25, -0.2) is 0 Å². The lowest BCUT2D eigenvalue weighted by Gasteiger charge is -2.39. The van der Waals surface area contributed by atoms with Crippen LogP contribution in [0.2, 0.25) is 10.0 Å². The smallest absolute Gasteiger partial charge is 0.0712 e. The van der Waals surface area contributed by atoms with E-state index in [1.54, 1.807) is 0 Å². The molecule has 0 spiro atoms. The molecular weight excluding hydrogens is 519 g/mol. The van der Waals surface area contributed by atoms with Crippen LogP contribution in [0.3, 0.4) is 0 Å². The fourth-order valence-corrected chi connectivity index (χ4v) is 7.39. The molecule has 2 aliphatic carbocycles. The Kier molecular flexibility index (Phi) is 5.30. The van der Waals surface area contributed by atoms with Crippen LogP contribution in [-0.2, 0) is 12.8 Å². The summed E-state index contributed by atoms with van der Waals surface area (Å²) in [7, 11) is 0. The Morgan fingerprint density at radius 2 is 0.974 bits per heavy atom. The van der Waals surface area contributed by atoms with E-state index in [0.29, 0.717) is 11.8 Å². The third-order valence-electron chi connectivity index (χ3n) is 8.52. The zero-order valence-electron chi connectivity index (χ0n) is 21.2. The molecule has 0 saturated heterocycles. The van der Waals surface area contributed by atoms with Gasteiger partial charge in [0.05, 0.1) is 11.0 Å². The standard InChI is InChI=1S/C35H24Cl2N2/c36-24-11-13-28-26(18-24)32(20-7-3-1-4-8-20)34-22-15-23(17-30(34)38-28)35-31(16-22)39-29-14-12-25(37)19-27(29)33(35)21-9-5-2-6-10-21/h1-14,18-19,22-23H,15-17H2/t22-,23-/m1/s1. The Bertz CT molecular complexity index is 1770. The van der Waals surface area contributed by atoms with Gasteiger partial charge in [-0.1, -0.05) is 83.9 Å². The number of benzene rings is 4. The number of nitrogens with zero attached hydrogens (tertiary/aromatic N) is 2. The summed E-state index contributed by atoms with van der Waals surface area (Å²) in [6.07, 6.45) is 2.87. The van der Waals surface area contributed by atoms with Gasteiger partial charge in [-0.15, -0.1) is 0 Å². The number of rotatable bonds is 2. The lowest BCUT2D eigenvalue weighted by Crippen LogP contribution is -2.28. The fourth-order valence-electron chi connectivity index (χ4n) is 7.04. The molecule has 188 valence electrons. The number of hydrogen-bond acceptors (Lipinski definition) is 2. The molecule has 8 rings (SSSR count). The summed E-state index contributed by atoms with van der Waals surface area (Å²) in [6, 6.07) is 33.6. The molecule has 0 aliphatic heterocycles. The molecule has 6 aromatic rings. The molecule has 4 aromatic carbocycles. The van der Waals surface area contributed by atoms with Crippen LogP contribution in [0.1, 0.15) is 40.8 Å². The maximum Gasteiger partial charge on any atom is 0.0712 e. The van der Waals surface area contributed by atoms with Crippen molar-refractivity contribution in [3.05, 3.63) is 130 Å². The SMILES string of the molecule is Clc1ccc2nc3c(c(-c4ccccc4)c2c1)[C@H]1Cc2nc4ccc(Cl)cc4c(-c4ccccc4)c2[C@@H](C3)C1. The monoisotopic (exact) mass is 542 g/mol. The highest BCUT2D eigenvalue weighted by molar-refractivity contribution is 6.32. The van der Waals surface area contributed by atoms with E-state index in [2.05, 4.69) is 84.9 Å². The zero-order valence-corrected chi connectivity index (χ0v) is 22.7. The molecule has 0 radical (unpaired) electrons. The first-order valence-electron chi connectivity index (χ1n) is 13.5. The van der Waals surface area contributed by atoms with Gasteiger partial charge in [-0.05, 0) is 101 Å². The summed E-state index contributed by atoms with van der Waals surface area (Å²) in [5, 5.41) is 3.73. The molecule has 2 aliphatic rings. The second-order valence-corrected chi connectivity index (χ2v) is 11.7. The predicted molar refractivity (Wildman–Crippen MR) is 162 cm³/mol. The van der Waals surface area contributed by atoms with Gasteiger partial charge in [-0.2, -0.15) is 0 Å². The average molecular weight is 543 g/mol. The molecule has 0 N–H and O–H groups in total. The van der Waals surface area contributed by atoms with Crippen LogP contribution in [0.4, 0.5) is 0 Å². The van der Waals surface area contributed by atoms with Crippen LogP contribution >= 0.6 is 23.2 Å². The van der Waals surface area contributed by atoms with Crippen molar-refractivity contribution >= 4 is 45.0 Å². The molecule has 0 amide bonds. The Morgan fingerprint density at radius 1 is 0.538 bits per heavy atom.